The summed E-state index contributed by atoms with van der Waals surface area (Å²) in [5.41, 5.74) is 3.12. The van der Waals surface area contributed by atoms with Crippen molar-refractivity contribution in [2.45, 2.75) is 18.4 Å². The molecule has 2 N–H and O–H groups in total. The Kier molecular flexibility index (Phi) is 7.37. The lowest BCUT2D eigenvalue weighted by Gasteiger charge is -2.35. The molecule has 1 aliphatic rings. The van der Waals surface area contributed by atoms with E-state index in [0.29, 0.717) is 11.3 Å². The van der Waals surface area contributed by atoms with E-state index in [9.17, 15) is 17.6 Å². The smallest absolute Gasteiger partial charge is 0.261 e. The zero-order chi connectivity index (χ0) is 25.0. The highest BCUT2D eigenvalue weighted by Gasteiger charge is 2.22. The highest BCUT2D eigenvalue weighted by atomic mass is 32.2. The minimum Gasteiger partial charge on any atom is -0.367 e. The number of carbonyl (C=O) groups is 1. The van der Waals surface area contributed by atoms with Crippen LogP contribution in [0.5, 0.6) is 0 Å². The molecule has 1 fully saturated rings. The van der Waals surface area contributed by atoms with Crippen LogP contribution in [0.4, 0.5) is 15.8 Å². The van der Waals surface area contributed by atoms with Gasteiger partial charge in [-0.2, -0.15) is 0 Å². The van der Waals surface area contributed by atoms with Crippen LogP contribution in [0, 0.1) is 12.7 Å². The van der Waals surface area contributed by atoms with Crippen LogP contribution in [0.25, 0.3) is 0 Å². The second-order valence-electron chi connectivity index (χ2n) is 8.75. The molecule has 0 radical (unpaired) electrons. The van der Waals surface area contributed by atoms with E-state index in [4.69, 9.17) is 0 Å². The van der Waals surface area contributed by atoms with Crippen LogP contribution < -0.4 is 14.9 Å². The second kappa shape index (κ2) is 10.5. The first-order chi connectivity index (χ1) is 16.7. The van der Waals surface area contributed by atoms with Crippen LogP contribution in [-0.2, 0) is 16.6 Å². The second-order valence-corrected chi connectivity index (χ2v) is 10.4. The van der Waals surface area contributed by atoms with Crippen LogP contribution in [0.3, 0.4) is 0 Å². The summed E-state index contributed by atoms with van der Waals surface area (Å²) in [5, 5.41) is 2.81. The van der Waals surface area contributed by atoms with Gasteiger partial charge >= 0.3 is 0 Å². The third-order valence-electron chi connectivity index (χ3n) is 6.04. The zero-order valence-electron chi connectivity index (χ0n) is 19.8. The van der Waals surface area contributed by atoms with E-state index in [-0.39, 0.29) is 23.2 Å². The maximum atomic E-state index is 13.2. The molecule has 1 saturated heterocycles. The summed E-state index contributed by atoms with van der Waals surface area (Å²) in [5.74, 6) is -0.694. The number of likely N-dealkylation sites (N-methyl/N-ethyl adjacent to an activating group) is 1. The number of nitrogens with zero attached hydrogens (tertiary/aromatic N) is 2. The lowest BCUT2D eigenvalue weighted by Crippen LogP contribution is -2.44. The summed E-state index contributed by atoms with van der Waals surface area (Å²) >= 11 is 0. The number of aryl methyl sites for hydroxylation is 1. The van der Waals surface area contributed by atoms with Crippen molar-refractivity contribution < 1.29 is 17.6 Å². The number of hydrogen-bond acceptors (Lipinski definition) is 5. The normalized spacial score (nSPS) is 14.5. The lowest BCUT2D eigenvalue weighted by molar-refractivity contribution is 0.0951. The molecule has 7 nitrogen and oxygen atoms in total. The molecule has 35 heavy (non-hydrogen) atoms. The first-order valence-electron chi connectivity index (χ1n) is 11.4. The highest BCUT2D eigenvalue weighted by Crippen LogP contribution is 2.30. The Balaban J connectivity index is 1.60. The summed E-state index contributed by atoms with van der Waals surface area (Å²) in [6.45, 7) is 5.30. The third kappa shape index (κ3) is 6.17. The first kappa shape index (κ1) is 24.7. The molecule has 4 rings (SSSR count). The van der Waals surface area contributed by atoms with E-state index in [1.807, 2.05) is 14.0 Å². The quantitative estimate of drug-likeness (QED) is 0.522. The molecule has 0 unspecified atom stereocenters. The molecule has 0 spiro atoms. The number of sulfonamides is 1. The number of halogens is 1. The van der Waals surface area contributed by atoms with E-state index in [0.717, 1.165) is 43.0 Å². The van der Waals surface area contributed by atoms with Gasteiger partial charge in [-0.3, -0.25) is 9.52 Å². The van der Waals surface area contributed by atoms with Gasteiger partial charge in [0, 0.05) is 38.3 Å². The van der Waals surface area contributed by atoms with E-state index < -0.39 is 10.0 Å². The largest absolute Gasteiger partial charge is 0.367 e. The molecule has 9 heteroatoms. The van der Waals surface area contributed by atoms with Gasteiger partial charge in [0.15, 0.2) is 0 Å². The predicted molar refractivity (Wildman–Crippen MR) is 136 cm³/mol. The molecule has 0 saturated carbocycles. The van der Waals surface area contributed by atoms with Gasteiger partial charge in [0.2, 0.25) is 0 Å². The van der Waals surface area contributed by atoms with Crippen molar-refractivity contribution in [3.05, 3.63) is 89.2 Å². The Morgan fingerprint density at radius 3 is 2.26 bits per heavy atom. The Labute approximate surface area is 205 Å². The van der Waals surface area contributed by atoms with Crippen LogP contribution in [0.1, 0.15) is 21.5 Å². The van der Waals surface area contributed by atoms with Gasteiger partial charge in [-0.1, -0.05) is 29.8 Å². The van der Waals surface area contributed by atoms with Crippen molar-refractivity contribution in [3.8, 4) is 0 Å². The number of anilines is 2. The summed E-state index contributed by atoms with van der Waals surface area (Å²) in [6.07, 6.45) is 0. The third-order valence-corrected chi connectivity index (χ3v) is 7.43. The molecule has 3 aromatic carbocycles. The average molecular weight is 497 g/mol. The van der Waals surface area contributed by atoms with Gasteiger partial charge in [-0.15, -0.1) is 0 Å². The van der Waals surface area contributed by atoms with Crippen molar-refractivity contribution in [3.63, 3.8) is 0 Å². The van der Waals surface area contributed by atoms with Crippen molar-refractivity contribution in [1.82, 2.24) is 10.2 Å². The van der Waals surface area contributed by atoms with Gasteiger partial charge in [0.25, 0.3) is 15.9 Å². The summed E-state index contributed by atoms with van der Waals surface area (Å²) in [6, 6.07) is 17.5. The van der Waals surface area contributed by atoms with Crippen molar-refractivity contribution in [1.29, 1.82) is 0 Å². The number of hydrogen-bond donors (Lipinski definition) is 2. The van der Waals surface area contributed by atoms with Gasteiger partial charge < -0.3 is 15.1 Å². The molecular weight excluding hydrogens is 467 g/mol. The number of piperazine rings is 1. The van der Waals surface area contributed by atoms with Gasteiger partial charge in [0.1, 0.15) is 5.82 Å². The van der Waals surface area contributed by atoms with Crippen LogP contribution in [0.15, 0.2) is 71.6 Å². The monoisotopic (exact) mass is 496 g/mol. The molecular formula is C26H29FN4O3S. The minimum atomic E-state index is -3.86. The van der Waals surface area contributed by atoms with Crippen LogP contribution >= 0.6 is 0 Å². The number of carbonyl (C=O) groups excluding carboxylic acids is 1. The first-order valence-corrected chi connectivity index (χ1v) is 12.9. The number of benzene rings is 3. The Morgan fingerprint density at radius 1 is 0.943 bits per heavy atom. The number of rotatable bonds is 7. The molecule has 1 aliphatic heterocycles. The molecule has 0 bridgehead atoms. The molecule has 184 valence electrons. The molecule has 0 aromatic heterocycles. The Morgan fingerprint density at radius 2 is 1.60 bits per heavy atom. The Hall–Kier alpha value is -3.43. The fourth-order valence-electron chi connectivity index (χ4n) is 3.89. The van der Waals surface area contributed by atoms with E-state index in [1.165, 1.54) is 12.1 Å². The predicted octanol–water partition coefficient (Wildman–Crippen LogP) is 3.62. The summed E-state index contributed by atoms with van der Waals surface area (Å²) in [4.78, 5) is 17.3. The molecule has 0 aliphatic carbocycles. The fourth-order valence-corrected chi connectivity index (χ4v) is 4.96. The fraction of sp³-hybridized carbons (Fsp3) is 0.269. The highest BCUT2D eigenvalue weighted by molar-refractivity contribution is 7.92. The van der Waals surface area contributed by atoms with Crippen LogP contribution in [-0.4, -0.2) is 52.5 Å². The van der Waals surface area contributed by atoms with Crippen molar-refractivity contribution in [2.24, 2.45) is 0 Å². The Bertz CT molecular complexity index is 1290. The van der Waals surface area contributed by atoms with E-state index >= 15 is 0 Å². The maximum absolute atomic E-state index is 13.2. The van der Waals surface area contributed by atoms with E-state index in [1.54, 1.807) is 54.6 Å². The summed E-state index contributed by atoms with van der Waals surface area (Å²) in [7, 11) is -1.81. The number of nitrogens with one attached hydrogen (secondary N) is 2. The topological polar surface area (TPSA) is 81.7 Å². The van der Waals surface area contributed by atoms with Gasteiger partial charge in [-0.05, 0) is 62.0 Å². The number of amides is 1. The van der Waals surface area contributed by atoms with Crippen molar-refractivity contribution >= 4 is 27.3 Å². The minimum absolute atomic E-state index is 0.151. The lowest BCUT2D eigenvalue weighted by atomic mass is 10.1. The van der Waals surface area contributed by atoms with Crippen molar-refractivity contribution in [2.75, 3.05) is 42.8 Å². The van der Waals surface area contributed by atoms with E-state index in [2.05, 4.69) is 19.8 Å². The van der Waals surface area contributed by atoms with Gasteiger partial charge in [0.05, 0.1) is 16.3 Å². The maximum Gasteiger partial charge on any atom is 0.261 e. The van der Waals surface area contributed by atoms with Gasteiger partial charge in [-0.25, -0.2) is 12.8 Å². The molecule has 1 heterocycles. The SMILES string of the molecule is Cc1ccc(S(=O)(=O)Nc2cc(C(=O)NCc3ccc(F)cc3)ccc2N2CCN(C)CC2)cc1. The molecule has 3 aromatic rings. The zero-order valence-corrected chi connectivity index (χ0v) is 20.6. The van der Waals surface area contributed by atoms with Crippen LogP contribution in [0.2, 0.25) is 0 Å². The standard InChI is InChI=1S/C26H29FN4O3S/c1-19-3-10-23(11-4-19)35(33,34)29-24-17-21(7-12-25(24)31-15-13-30(2)14-16-31)26(32)28-18-20-5-8-22(27)9-6-20/h3-12,17,29H,13-16,18H2,1-2H3,(H,28,32). The molecule has 1 amide bonds. The average Bonchev–Trinajstić information content (AvgIpc) is 2.84. The molecule has 0 atom stereocenters. The summed E-state index contributed by atoms with van der Waals surface area (Å²) < 4.78 is 42.1.